The minimum atomic E-state index is 0.779. The molecule has 0 fully saturated rings. The fourth-order valence-corrected chi connectivity index (χ4v) is 3.42. The van der Waals surface area contributed by atoms with E-state index in [9.17, 15) is 0 Å². The van der Waals surface area contributed by atoms with Crippen LogP contribution in [-0.2, 0) is 6.54 Å². The molecule has 96 valence electrons. The zero-order valence-electron chi connectivity index (χ0n) is 10.1. The molecule has 0 bridgehead atoms. The lowest BCUT2D eigenvalue weighted by Gasteiger charge is -2.10. The van der Waals surface area contributed by atoms with Crippen LogP contribution in [0.4, 0.5) is 11.4 Å². The fraction of sp³-hybridized carbons (Fsp3) is 0.0714. The van der Waals surface area contributed by atoms with Crippen molar-refractivity contribution in [2.24, 2.45) is 0 Å². The number of hydrogen-bond acceptors (Lipinski definition) is 4. The first-order valence-corrected chi connectivity index (χ1v) is 7.45. The number of nitrogens with zero attached hydrogens (tertiary/aromatic N) is 1. The number of hydrogen-bond donors (Lipinski definition) is 2. The average molecular weight is 334 g/mol. The number of rotatable bonds is 3. The minimum absolute atomic E-state index is 0.779. The number of anilines is 2. The standard InChI is InChI=1S/C14H12BrN3S/c15-14-4-1-9(19-14)7-18-13-3-2-12(16)10-5-6-17-8-11(10)13/h1-6,8,18H,7,16H2. The van der Waals surface area contributed by atoms with Gasteiger partial charge < -0.3 is 11.1 Å². The van der Waals surface area contributed by atoms with Crippen LogP contribution < -0.4 is 11.1 Å². The summed E-state index contributed by atoms with van der Waals surface area (Å²) in [5.74, 6) is 0. The molecule has 0 aliphatic carbocycles. The summed E-state index contributed by atoms with van der Waals surface area (Å²) < 4.78 is 1.15. The van der Waals surface area contributed by atoms with Gasteiger partial charge in [-0.1, -0.05) is 0 Å². The molecular formula is C14H12BrN3S. The van der Waals surface area contributed by atoms with E-state index >= 15 is 0 Å². The van der Waals surface area contributed by atoms with Gasteiger partial charge in [-0.05, 0) is 46.3 Å². The van der Waals surface area contributed by atoms with E-state index in [1.165, 1.54) is 4.88 Å². The predicted molar refractivity (Wildman–Crippen MR) is 85.5 cm³/mol. The molecule has 0 amide bonds. The molecule has 0 unspecified atom stereocenters. The zero-order valence-corrected chi connectivity index (χ0v) is 12.5. The summed E-state index contributed by atoms with van der Waals surface area (Å²) in [4.78, 5) is 5.45. The Morgan fingerprint density at radius 2 is 2.05 bits per heavy atom. The van der Waals surface area contributed by atoms with Gasteiger partial charge in [0.1, 0.15) is 0 Å². The third-order valence-electron chi connectivity index (χ3n) is 2.93. The summed E-state index contributed by atoms with van der Waals surface area (Å²) in [6.07, 6.45) is 3.61. The van der Waals surface area contributed by atoms with Gasteiger partial charge in [-0.2, -0.15) is 0 Å². The highest BCUT2D eigenvalue weighted by molar-refractivity contribution is 9.11. The van der Waals surface area contributed by atoms with E-state index in [1.54, 1.807) is 17.5 Å². The van der Waals surface area contributed by atoms with E-state index in [-0.39, 0.29) is 0 Å². The smallest absolute Gasteiger partial charge is 0.0702 e. The van der Waals surface area contributed by atoms with Gasteiger partial charge in [0.15, 0.2) is 0 Å². The van der Waals surface area contributed by atoms with Gasteiger partial charge in [0.05, 0.1) is 3.79 Å². The lowest BCUT2D eigenvalue weighted by atomic mass is 10.1. The van der Waals surface area contributed by atoms with Gasteiger partial charge in [0, 0.05) is 46.0 Å². The second-order valence-electron chi connectivity index (χ2n) is 4.18. The van der Waals surface area contributed by atoms with Crippen molar-refractivity contribution in [2.45, 2.75) is 6.54 Å². The largest absolute Gasteiger partial charge is 0.398 e. The number of nitrogens with two attached hydrogens (primary N) is 1. The van der Waals surface area contributed by atoms with Crippen molar-refractivity contribution in [1.29, 1.82) is 0 Å². The normalized spacial score (nSPS) is 10.8. The number of fused-ring (bicyclic) bond motifs is 1. The Kier molecular flexibility index (Phi) is 3.40. The number of aromatic nitrogens is 1. The minimum Gasteiger partial charge on any atom is -0.398 e. The molecule has 2 heterocycles. The van der Waals surface area contributed by atoms with Crippen LogP contribution in [0.25, 0.3) is 10.8 Å². The van der Waals surface area contributed by atoms with E-state index in [2.05, 4.69) is 38.4 Å². The molecule has 0 saturated heterocycles. The molecule has 0 aliphatic rings. The topological polar surface area (TPSA) is 50.9 Å². The van der Waals surface area contributed by atoms with Gasteiger partial charge in [-0.3, -0.25) is 4.98 Å². The van der Waals surface area contributed by atoms with Crippen LogP contribution >= 0.6 is 27.3 Å². The highest BCUT2D eigenvalue weighted by Crippen LogP contribution is 2.29. The monoisotopic (exact) mass is 333 g/mol. The number of benzene rings is 1. The molecule has 0 radical (unpaired) electrons. The first-order valence-electron chi connectivity index (χ1n) is 5.84. The van der Waals surface area contributed by atoms with Crippen LogP contribution in [0, 0.1) is 0 Å². The molecular weight excluding hydrogens is 322 g/mol. The van der Waals surface area contributed by atoms with Gasteiger partial charge in [0.2, 0.25) is 0 Å². The zero-order chi connectivity index (χ0) is 13.2. The predicted octanol–water partition coefficient (Wildman–Crippen LogP) is 4.25. The number of halogens is 1. The third kappa shape index (κ3) is 2.57. The van der Waals surface area contributed by atoms with Gasteiger partial charge in [-0.25, -0.2) is 0 Å². The summed E-state index contributed by atoms with van der Waals surface area (Å²) in [6, 6.07) is 10.0. The molecule has 0 aliphatic heterocycles. The first kappa shape index (κ1) is 12.4. The highest BCUT2D eigenvalue weighted by atomic mass is 79.9. The Balaban J connectivity index is 1.91. The van der Waals surface area contributed by atoms with Crippen LogP contribution in [0.2, 0.25) is 0 Å². The molecule has 5 heteroatoms. The van der Waals surface area contributed by atoms with E-state index in [4.69, 9.17) is 5.73 Å². The van der Waals surface area contributed by atoms with Crippen LogP contribution in [-0.4, -0.2) is 4.98 Å². The lowest BCUT2D eigenvalue weighted by molar-refractivity contribution is 1.20. The first-order chi connectivity index (χ1) is 9.24. The second-order valence-corrected chi connectivity index (χ2v) is 6.73. The summed E-state index contributed by atoms with van der Waals surface area (Å²) in [5.41, 5.74) is 7.81. The fourth-order valence-electron chi connectivity index (χ4n) is 2.00. The van der Waals surface area contributed by atoms with Crippen LogP contribution in [0.15, 0.2) is 46.5 Å². The van der Waals surface area contributed by atoms with Gasteiger partial charge in [-0.15, -0.1) is 11.3 Å². The molecule has 0 spiro atoms. The van der Waals surface area contributed by atoms with E-state index in [0.29, 0.717) is 0 Å². The molecule has 3 nitrogen and oxygen atoms in total. The molecule has 0 atom stereocenters. The van der Waals surface area contributed by atoms with Crippen molar-refractivity contribution in [3.05, 3.63) is 51.4 Å². The lowest BCUT2D eigenvalue weighted by Crippen LogP contribution is -1.99. The average Bonchev–Trinajstić information content (AvgIpc) is 2.84. The molecule has 3 rings (SSSR count). The Hall–Kier alpha value is -1.59. The maximum atomic E-state index is 5.98. The van der Waals surface area contributed by atoms with E-state index in [1.807, 2.05) is 24.4 Å². The number of nitrogen functional groups attached to an aromatic ring is 1. The van der Waals surface area contributed by atoms with Gasteiger partial charge in [0.25, 0.3) is 0 Å². The Bertz CT molecular complexity index is 724. The Labute approximate surface area is 123 Å². The second kappa shape index (κ2) is 5.19. The summed E-state index contributed by atoms with van der Waals surface area (Å²) in [7, 11) is 0. The van der Waals surface area contributed by atoms with Gasteiger partial charge >= 0.3 is 0 Å². The van der Waals surface area contributed by atoms with Crippen LogP contribution in [0.3, 0.4) is 0 Å². The summed E-state index contributed by atoms with van der Waals surface area (Å²) in [6.45, 7) is 0.796. The molecule has 3 N–H and O–H groups in total. The SMILES string of the molecule is Nc1ccc(NCc2ccc(Br)s2)c2cnccc12. The van der Waals surface area contributed by atoms with Crippen molar-refractivity contribution < 1.29 is 0 Å². The highest BCUT2D eigenvalue weighted by Gasteiger charge is 2.04. The molecule has 19 heavy (non-hydrogen) atoms. The Morgan fingerprint density at radius 3 is 2.84 bits per heavy atom. The van der Waals surface area contributed by atoms with Crippen molar-refractivity contribution in [1.82, 2.24) is 4.98 Å². The third-order valence-corrected chi connectivity index (χ3v) is 4.56. The van der Waals surface area contributed by atoms with Crippen molar-refractivity contribution in [3.8, 4) is 0 Å². The molecule has 3 aromatic rings. The maximum Gasteiger partial charge on any atom is 0.0702 e. The maximum absolute atomic E-state index is 5.98. The quantitative estimate of drug-likeness (QED) is 0.704. The number of pyridine rings is 1. The Morgan fingerprint density at radius 1 is 1.16 bits per heavy atom. The molecule has 1 aromatic carbocycles. The summed E-state index contributed by atoms with van der Waals surface area (Å²) in [5, 5.41) is 5.53. The number of thiophene rings is 1. The molecule has 2 aromatic heterocycles. The van der Waals surface area contributed by atoms with Crippen LogP contribution in [0.1, 0.15) is 4.88 Å². The van der Waals surface area contributed by atoms with E-state index < -0.39 is 0 Å². The van der Waals surface area contributed by atoms with Crippen molar-refractivity contribution in [3.63, 3.8) is 0 Å². The van der Waals surface area contributed by atoms with Crippen molar-refractivity contribution >= 4 is 49.4 Å². The van der Waals surface area contributed by atoms with E-state index in [0.717, 1.165) is 32.5 Å². The number of nitrogens with one attached hydrogen (secondary N) is 1. The summed E-state index contributed by atoms with van der Waals surface area (Å²) >= 11 is 5.20. The molecule has 0 saturated carbocycles. The van der Waals surface area contributed by atoms with Crippen molar-refractivity contribution in [2.75, 3.05) is 11.1 Å². The van der Waals surface area contributed by atoms with Crippen LogP contribution in [0.5, 0.6) is 0 Å².